The van der Waals surface area contributed by atoms with Crippen molar-refractivity contribution < 1.29 is 88.4 Å². The van der Waals surface area contributed by atoms with Crippen molar-refractivity contribution in [3.63, 3.8) is 0 Å². The second-order valence-electron chi connectivity index (χ2n) is 24.8. The normalized spacial score (nSPS) is 27.6. The van der Waals surface area contributed by atoms with Gasteiger partial charge in [0.1, 0.15) is 60.2 Å². The van der Waals surface area contributed by atoms with Crippen molar-refractivity contribution in [1.29, 1.82) is 0 Å². The number of amides is 5. The van der Waals surface area contributed by atoms with E-state index in [2.05, 4.69) is 28.2 Å². The van der Waals surface area contributed by atoms with Crippen LogP contribution in [-0.4, -0.2) is 206 Å². The third-order valence-electron chi connectivity index (χ3n) is 16.8. The Kier molecular flexibility index (Phi) is 23.6. The van der Waals surface area contributed by atoms with Crippen LogP contribution in [0.1, 0.15) is 94.7 Å². The molecular weight excluding hydrogens is 1140 g/mol. The lowest BCUT2D eigenvalue weighted by Gasteiger charge is -2.34. The quantitative estimate of drug-likeness (QED) is 0.0500. The van der Waals surface area contributed by atoms with Gasteiger partial charge in [-0.05, 0) is 97.3 Å². The van der Waals surface area contributed by atoms with Crippen molar-refractivity contribution in [3.8, 4) is 33.8 Å². The van der Waals surface area contributed by atoms with Gasteiger partial charge in [0.15, 0.2) is 12.0 Å². The summed E-state index contributed by atoms with van der Waals surface area (Å²) >= 11 is 0. The molecule has 7 rings (SSSR count). The number of carbonyl (C=O) groups excluding carboxylic acids is 7. The Morgan fingerprint density at radius 1 is 0.693 bits per heavy atom. The molecule has 4 aromatic rings. The molecule has 478 valence electrons. The largest absolute Gasteiger partial charge is 0.508 e. The number of aliphatic hydroxyl groups is 7. The number of hydrogen-bond donors (Lipinski definition) is 12. The Hall–Kier alpha value is -7.19. The van der Waals surface area contributed by atoms with Crippen LogP contribution in [0.15, 0.2) is 97.1 Å². The molecule has 16 atom stereocenters. The predicted molar refractivity (Wildman–Crippen MR) is 322 cm³/mol. The summed E-state index contributed by atoms with van der Waals surface area (Å²) in [6, 6.07) is 19.6. The van der Waals surface area contributed by atoms with Crippen molar-refractivity contribution in [2.24, 2.45) is 23.7 Å². The lowest BCUT2D eigenvalue weighted by atomic mass is 9.80. The molecule has 23 nitrogen and oxygen atoms in total. The number of aromatic hydroxyl groups is 1. The molecule has 0 aromatic heterocycles. The maximum Gasteiger partial charge on any atom is 0.251 e. The van der Waals surface area contributed by atoms with Crippen molar-refractivity contribution in [2.75, 3.05) is 47.4 Å². The number of carbonyl (C=O) groups is 7. The van der Waals surface area contributed by atoms with Crippen molar-refractivity contribution in [2.45, 2.75) is 146 Å². The Morgan fingerprint density at radius 3 is 1.82 bits per heavy atom. The second kappa shape index (κ2) is 30.3. The summed E-state index contributed by atoms with van der Waals surface area (Å²) in [4.78, 5) is 104. The highest BCUT2D eigenvalue weighted by Gasteiger charge is 2.51. The number of hydrogen-bond acceptors (Lipinski definition) is 17. The first-order chi connectivity index (χ1) is 41.6. The smallest absolute Gasteiger partial charge is 0.251 e. The number of likely N-dealkylation sites (N-methyl/N-ethyl adjacent to an activating group) is 1. The summed E-state index contributed by atoms with van der Waals surface area (Å²) in [5, 5.41) is 101. The van der Waals surface area contributed by atoms with E-state index in [0.29, 0.717) is 17.6 Å². The topological polar surface area (TPSA) is 351 Å². The van der Waals surface area contributed by atoms with Gasteiger partial charge in [0.2, 0.25) is 23.6 Å². The van der Waals surface area contributed by atoms with Crippen LogP contribution in [0, 0.1) is 23.7 Å². The summed E-state index contributed by atoms with van der Waals surface area (Å²) in [6.45, 7) is 6.50. The van der Waals surface area contributed by atoms with Crippen LogP contribution in [0.25, 0.3) is 22.3 Å². The van der Waals surface area contributed by atoms with Gasteiger partial charge in [-0.3, -0.25) is 33.6 Å². The minimum absolute atomic E-state index is 0.0125. The number of ether oxygens (including phenoxy) is 2. The summed E-state index contributed by atoms with van der Waals surface area (Å²) < 4.78 is 12.3. The Bertz CT molecular complexity index is 3030. The Labute approximate surface area is 512 Å². The lowest BCUT2D eigenvalue weighted by Crippen LogP contribution is -2.61. The van der Waals surface area contributed by atoms with Gasteiger partial charge in [0, 0.05) is 42.7 Å². The van der Waals surface area contributed by atoms with Gasteiger partial charge in [0.05, 0.1) is 70.8 Å². The van der Waals surface area contributed by atoms with Crippen LogP contribution in [0.3, 0.4) is 0 Å². The van der Waals surface area contributed by atoms with E-state index in [1.54, 1.807) is 12.1 Å². The van der Waals surface area contributed by atoms with Gasteiger partial charge in [-0.1, -0.05) is 87.4 Å². The summed E-state index contributed by atoms with van der Waals surface area (Å²) in [5.41, 5.74) is 3.57. The number of benzene rings is 4. The van der Waals surface area contributed by atoms with E-state index in [0.717, 1.165) is 59.1 Å². The molecule has 88 heavy (non-hydrogen) atoms. The minimum atomic E-state index is -2.16. The molecule has 0 spiro atoms. The molecule has 2 heterocycles. The zero-order valence-corrected chi connectivity index (χ0v) is 50.9. The van der Waals surface area contributed by atoms with E-state index in [1.807, 2.05) is 69.7 Å². The third-order valence-corrected chi connectivity index (χ3v) is 16.8. The number of nitrogens with one attached hydrogen (secondary N) is 4. The Balaban J connectivity index is 1.23. The highest BCUT2D eigenvalue weighted by atomic mass is 16.5. The number of Topliss-reactive ketones (excluding diaryl/α,β-unsaturated/α-hetero) is 2. The molecule has 1 aliphatic carbocycles. The zero-order valence-electron chi connectivity index (χ0n) is 50.9. The van der Waals surface area contributed by atoms with E-state index < -0.39 is 151 Å². The molecule has 3 aliphatic rings. The van der Waals surface area contributed by atoms with E-state index in [-0.39, 0.29) is 42.9 Å². The number of phenols is 1. The fourth-order valence-electron chi connectivity index (χ4n) is 11.5. The first-order valence-corrected chi connectivity index (χ1v) is 30.2. The van der Waals surface area contributed by atoms with E-state index >= 15 is 0 Å². The average Bonchev–Trinajstić information content (AvgIpc) is 2.08. The summed E-state index contributed by atoms with van der Waals surface area (Å²) in [7, 11) is 5.55. The number of quaternary nitrogens is 1. The molecule has 0 radical (unpaired) electrons. The number of phenolic OH excluding ortho intramolecular Hbond substituents is 1. The number of aliphatic hydroxyl groups excluding tert-OH is 7. The molecule has 12 N–H and O–H groups in total. The van der Waals surface area contributed by atoms with Gasteiger partial charge in [0.25, 0.3) is 5.91 Å². The van der Waals surface area contributed by atoms with Crippen molar-refractivity contribution in [3.05, 3.63) is 108 Å². The SMILES string of the molecule is CCCCCOc1ccc(-c2ccc(-c3ccc(C(=O)N[C@H]4C[C@@H](O)[C@@H](OCC[N+](C)(C)C)NC(=O)C5[C@@H](O)[C@@H](C)CN5C(=O)C([C@@H](C)O)NC(=O)C([C@H](O)[C@@H](O)c5ccc(O)cc5)CC(=O)C5C[C@@H](O)CC5C(=O)C([C@@H](C)O)NC4=O)cc3)cc2)cc1. The molecule has 6 unspecified atom stereocenters. The first-order valence-electron chi connectivity index (χ1n) is 30.2. The number of ketones is 2. The molecule has 1 saturated carbocycles. The predicted octanol–water partition coefficient (Wildman–Crippen LogP) is 1.89. The summed E-state index contributed by atoms with van der Waals surface area (Å²) in [6.07, 6.45) is -13.3. The van der Waals surface area contributed by atoms with Crippen LogP contribution in [0.2, 0.25) is 0 Å². The number of rotatable bonds is 18. The van der Waals surface area contributed by atoms with Gasteiger partial charge in [-0.15, -0.1) is 0 Å². The van der Waals surface area contributed by atoms with Crippen molar-refractivity contribution in [1.82, 2.24) is 26.2 Å². The third kappa shape index (κ3) is 17.4. The fraction of sp³-hybridized carbons (Fsp3) is 0.523. The second-order valence-corrected chi connectivity index (χ2v) is 24.8. The van der Waals surface area contributed by atoms with Crippen LogP contribution >= 0.6 is 0 Å². The lowest BCUT2D eigenvalue weighted by molar-refractivity contribution is -0.870. The molecule has 2 saturated heterocycles. The molecule has 0 bridgehead atoms. The van der Waals surface area contributed by atoms with Crippen LogP contribution in [0.4, 0.5) is 0 Å². The van der Waals surface area contributed by atoms with E-state index in [4.69, 9.17) is 9.47 Å². The van der Waals surface area contributed by atoms with E-state index in [1.165, 1.54) is 50.2 Å². The molecule has 4 aromatic carbocycles. The van der Waals surface area contributed by atoms with Gasteiger partial charge < -0.3 is 81.0 Å². The fourth-order valence-corrected chi connectivity index (χ4v) is 11.5. The molecule has 23 heteroatoms. The standard InChI is InChI=1S/C65H86N6O17/c1-8-9-10-28-87-46-25-21-41(22-26-46)39-13-11-38(12-14-39)40-15-17-43(18-16-40)60(82)66-50-33-52(77)64(88-29-27-71(5,6)7)69-63(85)55-56(78)35(2)34-70(55)65(86)54(37(4)73)68-61(83)49(59(81)57(79)42-19-23-44(74)24-20-42)32-51(76)47-30-45(75)31-48(47)58(80)53(36(3)72)67-62(50)84/h11-26,35-37,45,47-50,52-57,59,64,72-73,75,77-79,81H,8-10,27-34H2,1-7H3,(H4-,66,67,68,69,74,82,83,84,85)/p+1/t35-,36+,37+,45+,47?,48?,49?,50-,52+,53?,54?,55?,56-,57-,59-,64+/m0/s1. The molecule has 2 aliphatic heterocycles. The van der Waals surface area contributed by atoms with Gasteiger partial charge >= 0.3 is 0 Å². The first kappa shape index (κ1) is 68.3. The maximum absolute atomic E-state index is 14.8. The Morgan fingerprint density at radius 2 is 1.25 bits per heavy atom. The number of fused-ring (bicyclic) bond motifs is 2. The molecule has 3 fully saturated rings. The maximum atomic E-state index is 14.8. The van der Waals surface area contributed by atoms with Crippen LogP contribution < -0.4 is 26.0 Å². The van der Waals surface area contributed by atoms with Gasteiger partial charge in [-0.2, -0.15) is 0 Å². The number of unbranched alkanes of at least 4 members (excludes halogenated alkanes) is 2. The minimum Gasteiger partial charge on any atom is -0.508 e. The average molecular weight is 1220 g/mol. The highest BCUT2D eigenvalue weighted by molar-refractivity contribution is 6.01. The molecule has 5 amide bonds. The van der Waals surface area contributed by atoms with Crippen molar-refractivity contribution >= 4 is 41.1 Å². The van der Waals surface area contributed by atoms with E-state index in [9.17, 15) is 74.4 Å². The zero-order chi connectivity index (χ0) is 64.3. The summed E-state index contributed by atoms with van der Waals surface area (Å²) in [5.74, 6) is -12.3. The number of nitrogens with zero attached hydrogens (tertiary/aromatic N) is 2. The van der Waals surface area contributed by atoms with Gasteiger partial charge in [-0.25, -0.2) is 0 Å². The monoisotopic (exact) mass is 1220 g/mol. The molecular formula is C65H87N6O17+. The van der Waals surface area contributed by atoms with Crippen LogP contribution in [-0.2, 0) is 33.5 Å². The van der Waals surface area contributed by atoms with Crippen LogP contribution in [0.5, 0.6) is 11.5 Å². The highest BCUT2D eigenvalue weighted by Crippen LogP contribution is 2.38.